The summed E-state index contributed by atoms with van der Waals surface area (Å²) < 4.78 is 27.5. The summed E-state index contributed by atoms with van der Waals surface area (Å²) in [6, 6.07) is 15.7. The van der Waals surface area contributed by atoms with E-state index in [1.165, 1.54) is 10.4 Å². The van der Waals surface area contributed by atoms with E-state index in [0.717, 1.165) is 16.9 Å². The molecule has 6 nitrogen and oxygen atoms in total. The minimum Gasteiger partial charge on any atom is -0.268 e. The number of hydrogen-bond acceptors (Lipinski definition) is 5. The van der Waals surface area contributed by atoms with Crippen LogP contribution in [0.2, 0.25) is 0 Å². The predicted octanol–water partition coefficient (Wildman–Crippen LogP) is 2.71. The molecule has 25 heavy (non-hydrogen) atoms. The Morgan fingerprint density at radius 3 is 2.48 bits per heavy atom. The molecule has 0 aliphatic rings. The molecule has 0 radical (unpaired) electrons. The minimum absolute atomic E-state index is 0.258. The molecule has 0 bridgehead atoms. The van der Waals surface area contributed by atoms with Gasteiger partial charge in [0, 0.05) is 19.2 Å². The van der Waals surface area contributed by atoms with Crippen LogP contribution >= 0.6 is 11.3 Å². The summed E-state index contributed by atoms with van der Waals surface area (Å²) in [5.41, 5.74) is 1.18. The summed E-state index contributed by atoms with van der Waals surface area (Å²) in [5, 5.41) is 6.30. The van der Waals surface area contributed by atoms with E-state index in [0.29, 0.717) is 23.7 Å². The Morgan fingerprint density at radius 1 is 1.08 bits per heavy atom. The van der Waals surface area contributed by atoms with Crippen molar-refractivity contribution in [3.63, 3.8) is 0 Å². The van der Waals surface area contributed by atoms with Crippen LogP contribution in [-0.2, 0) is 16.6 Å². The molecule has 0 saturated heterocycles. The summed E-state index contributed by atoms with van der Waals surface area (Å²) in [4.78, 5) is 11.8. The minimum atomic E-state index is -3.59. The van der Waals surface area contributed by atoms with Crippen LogP contribution < -0.4 is 5.56 Å². The van der Waals surface area contributed by atoms with E-state index < -0.39 is 10.0 Å². The highest BCUT2D eigenvalue weighted by Gasteiger charge is 2.25. The van der Waals surface area contributed by atoms with Crippen LogP contribution in [0.15, 0.2) is 63.6 Å². The molecule has 0 fully saturated rings. The van der Waals surface area contributed by atoms with Gasteiger partial charge in [-0.2, -0.15) is 9.40 Å². The smallest absolute Gasteiger partial charge is 0.264 e. The zero-order valence-corrected chi connectivity index (χ0v) is 15.2. The van der Waals surface area contributed by atoms with Crippen LogP contribution in [0.3, 0.4) is 0 Å². The summed E-state index contributed by atoms with van der Waals surface area (Å²) in [7, 11) is -3.59. The van der Waals surface area contributed by atoms with E-state index in [2.05, 4.69) is 10.2 Å². The van der Waals surface area contributed by atoms with Crippen LogP contribution in [0.25, 0.3) is 10.6 Å². The topological polar surface area (TPSA) is 83.1 Å². The normalized spacial score (nSPS) is 11.8. The molecule has 0 aliphatic carbocycles. The van der Waals surface area contributed by atoms with E-state index in [-0.39, 0.29) is 9.77 Å². The molecule has 0 spiro atoms. The molecule has 2 heterocycles. The fourth-order valence-corrected chi connectivity index (χ4v) is 5.23. The maximum atomic E-state index is 12.9. The Labute approximate surface area is 149 Å². The fraction of sp³-hybridized carbons (Fsp3) is 0.176. The summed E-state index contributed by atoms with van der Waals surface area (Å²) in [6.45, 7) is 2.52. The van der Waals surface area contributed by atoms with E-state index in [4.69, 9.17) is 0 Å². The monoisotopic (exact) mass is 375 g/mol. The lowest BCUT2D eigenvalue weighted by Gasteiger charge is -2.19. The Hall–Kier alpha value is -2.29. The fourth-order valence-electron chi connectivity index (χ4n) is 2.36. The number of rotatable bonds is 6. The second-order valence-electron chi connectivity index (χ2n) is 5.34. The van der Waals surface area contributed by atoms with Gasteiger partial charge in [0.25, 0.3) is 15.6 Å². The van der Waals surface area contributed by atoms with Crippen molar-refractivity contribution in [3.8, 4) is 10.6 Å². The number of benzene rings is 1. The third-order valence-electron chi connectivity index (χ3n) is 3.66. The van der Waals surface area contributed by atoms with Crippen LogP contribution in [0.5, 0.6) is 0 Å². The average Bonchev–Trinajstić information content (AvgIpc) is 3.12. The van der Waals surface area contributed by atoms with E-state index in [1.807, 2.05) is 37.3 Å². The molecular formula is C17H17N3O3S2. The lowest BCUT2D eigenvalue weighted by molar-refractivity contribution is 0.425. The summed E-state index contributed by atoms with van der Waals surface area (Å²) in [6.07, 6.45) is 0. The van der Waals surface area contributed by atoms with Crippen molar-refractivity contribution >= 4 is 21.4 Å². The van der Waals surface area contributed by atoms with Gasteiger partial charge >= 0.3 is 0 Å². The lowest BCUT2D eigenvalue weighted by atomic mass is 10.2. The predicted molar refractivity (Wildman–Crippen MR) is 97.9 cm³/mol. The number of H-pyrrole nitrogens is 1. The highest BCUT2D eigenvalue weighted by Crippen LogP contribution is 2.31. The van der Waals surface area contributed by atoms with Gasteiger partial charge < -0.3 is 0 Å². The molecule has 1 N–H and O–H groups in total. The third-order valence-corrected chi connectivity index (χ3v) is 7.16. The lowest BCUT2D eigenvalue weighted by Crippen LogP contribution is -2.29. The van der Waals surface area contributed by atoms with Crippen molar-refractivity contribution in [3.05, 3.63) is 70.5 Å². The third kappa shape index (κ3) is 3.87. The van der Waals surface area contributed by atoms with Gasteiger partial charge in [-0.15, -0.1) is 11.3 Å². The molecule has 8 heteroatoms. The number of thiophene rings is 1. The number of nitrogens with one attached hydrogen (secondary N) is 1. The Morgan fingerprint density at radius 2 is 1.84 bits per heavy atom. The van der Waals surface area contributed by atoms with Gasteiger partial charge in [0.2, 0.25) is 0 Å². The molecule has 0 aliphatic heterocycles. The zero-order valence-electron chi connectivity index (χ0n) is 13.5. The van der Waals surface area contributed by atoms with E-state index >= 15 is 0 Å². The first-order valence-electron chi connectivity index (χ1n) is 7.70. The second kappa shape index (κ2) is 7.30. The van der Waals surface area contributed by atoms with Crippen molar-refractivity contribution in [1.29, 1.82) is 0 Å². The van der Waals surface area contributed by atoms with Crippen molar-refractivity contribution in [2.45, 2.75) is 17.7 Å². The summed E-state index contributed by atoms with van der Waals surface area (Å²) in [5.74, 6) is 0. The van der Waals surface area contributed by atoms with Gasteiger partial charge in [-0.05, 0) is 23.8 Å². The molecule has 0 amide bonds. The molecule has 0 atom stereocenters. The maximum Gasteiger partial charge on any atom is 0.264 e. The second-order valence-corrected chi connectivity index (χ2v) is 8.59. The largest absolute Gasteiger partial charge is 0.268 e. The van der Waals surface area contributed by atoms with E-state index in [9.17, 15) is 13.2 Å². The number of hydrogen-bond donors (Lipinski definition) is 1. The quantitative estimate of drug-likeness (QED) is 0.718. The Kier molecular flexibility index (Phi) is 5.12. The number of sulfonamides is 1. The Bertz CT molecular complexity index is 990. The standard InChI is InChI=1S/C17H17N3O3S2/c1-2-20(12-13-6-4-3-5-7-13)25(22,23)17-11-9-15(24-17)14-8-10-16(21)19-18-14/h3-11H,2,12H2,1H3,(H,19,21). The van der Waals surface area contributed by atoms with Crippen molar-refractivity contribution < 1.29 is 8.42 Å². The van der Waals surface area contributed by atoms with Gasteiger partial charge in [0.05, 0.1) is 4.88 Å². The van der Waals surface area contributed by atoms with Gasteiger partial charge in [0.15, 0.2) is 0 Å². The molecule has 3 rings (SSSR count). The van der Waals surface area contributed by atoms with Gasteiger partial charge in [-0.3, -0.25) is 4.79 Å². The maximum absolute atomic E-state index is 12.9. The van der Waals surface area contributed by atoms with Crippen molar-refractivity contribution in [1.82, 2.24) is 14.5 Å². The van der Waals surface area contributed by atoms with Crippen molar-refractivity contribution in [2.75, 3.05) is 6.54 Å². The highest BCUT2D eigenvalue weighted by atomic mass is 32.2. The number of nitrogens with zero attached hydrogens (tertiary/aromatic N) is 2. The van der Waals surface area contributed by atoms with Crippen LogP contribution in [0.4, 0.5) is 0 Å². The number of aromatic amines is 1. The molecule has 0 unspecified atom stereocenters. The average molecular weight is 375 g/mol. The SMILES string of the molecule is CCN(Cc1ccccc1)S(=O)(=O)c1ccc(-c2ccc(=O)[nH]n2)s1. The first kappa shape index (κ1) is 17.5. The highest BCUT2D eigenvalue weighted by molar-refractivity contribution is 7.91. The number of aromatic nitrogens is 2. The van der Waals surface area contributed by atoms with Crippen LogP contribution in [0.1, 0.15) is 12.5 Å². The molecule has 3 aromatic rings. The van der Waals surface area contributed by atoms with Gasteiger partial charge in [0.1, 0.15) is 9.90 Å². The molecule has 130 valence electrons. The molecule has 0 saturated carbocycles. The van der Waals surface area contributed by atoms with Gasteiger partial charge in [-0.1, -0.05) is 37.3 Å². The van der Waals surface area contributed by atoms with Crippen LogP contribution in [0, 0.1) is 0 Å². The first-order valence-corrected chi connectivity index (χ1v) is 9.96. The Balaban J connectivity index is 1.88. The first-order chi connectivity index (χ1) is 12.0. The molecule has 1 aromatic carbocycles. The zero-order chi connectivity index (χ0) is 17.9. The summed E-state index contributed by atoms with van der Waals surface area (Å²) >= 11 is 1.14. The van der Waals surface area contributed by atoms with E-state index in [1.54, 1.807) is 18.2 Å². The van der Waals surface area contributed by atoms with Gasteiger partial charge in [-0.25, -0.2) is 13.5 Å². The van der Waals surface area contributed by atoms with Crippen LogP contribution in [-0.4, -0.2) is 29.5 Å². The molecular weight excluding hydrogens is 358 g/mol. The van der Waals surface area contributed by atoms with Crippen molar-refractivity contribution in [2.24, 2.45) is 0 Å². The molecule has 2 aromatic heterocycles.